The van der Waals surface area contributed by atoms with Gasteiger partial charge in [-0.05, 0) is 78.1 Å². The topological polar surface area (TPSA) is 93.2 Å². The summed E-state index contributed by atoms with van der Waals surface area (Å²) in [5, 5.41) is 30.1. The van der Waals surface area contributed by atoms with Gasteiger partial charge in [0.1, 0.15) is 18.5 Å². The molecule has 6 heteroatoms. The van der Waals surface area contributed by atoms with Crippen molar-refractivity contribution in [2.45, 2.75) is 18.9 Å². The maximum atomic E-state index is 10.7. The van der Waals surface area contributed by atoms with Gasteiger partial charge in [-0.25, -0.2) is 0 Å². The van der Waals surface area contributed by atoms with Crippen LogP contribution in [-0.4, -0.2) is 47.3 Å². The van der Waals surface area contributed by atoms with E-state index in [0.29, 0.717) is 17.7 Å². The Morgan fingerprint density at radius 2 is 1.50 bits per heavy atom. The van der Waals surface area contributed by atoms with Gasteiger partial charge in [-0.2, -0.15) is 10.5 Å². The molecule has 0 bridgehead atoms. The van der Waals surface area contributed by atoms with Gasteiger partial charge in [0.05, 0.1) is 28.8 Å². The van der Waals surface area contributed by atoms with E-state index in [2.05, 4.69) is 22.0 Å². The van der Waals surface area contributed by atoms with Gasteiger partial charge in [0.15, 0.2) is 0 Å². The van der Waals surface area contributed by atoms with Crippen molar-refractivity contribution in [3.8, 4) is 17.9 Å². The van der Waals surface area contributed by atoms with Gasteiger partial charge in [0, 0.05) is 31.2 Å². The number of piperidine rings is 1. The summed E-state index contributed by atoms with van der Waals surface area (Å²) in [6.07, 6.45) is 2.90. The molecule has 1 aliphatic heterocycles. The van der Waals surface area contributed by atoms with E-state index in [1.54, 1.807) is 6.20 Å². The third-order valence-electron chi connectivity index (χ3n) is 6.92. The highest BCUT2D eigenvalue weighted by atomic mass is 16.5. The van der Waals surface area contributed by atoms with Crippen molar-refractivity contribution in [3.63, 3.8) is 0 Å². The number of aliphatic hydroxyl groups is 1. The molecule has 1 aromatic heterocycles. The highest BCUT2D eigenvalue weighted by Gasteiger charge is 2.21. The second kappa shape index (κ2) is 11.7. The molecular formula is C32H28N4O2. The van der Waals surface area contributed by atoms with Crippen molar-refractivity contribution >= 4 is 16.5 Å². The number of aromatic nitrogens is 1. The molecule has 1 atom stereocenters. The largest absolute Gasteiger partial charge is 0.490 e. The summed E-state index contributed by atoms with van der Waals surface area (Å²) >= 11 is 0. The van der Waals surface area contributed by atoms with Crippen molar-refractivity contribution in [1.82, 2.24) is 9.88 Å². The number of fused-ring (bicyclic) bond motifs is 1. The lowest BCUT2D eigenvalue weighted by Crippen LogP contribution is -2.39. The maximum Gasteiger partial charge on any atom is 0.128 e. The molecule has 0 saturated carbocycles. The monoisotopic (exact) mass is 500 g/mol. The zero-order valence-electron chi connectivity index (χ0n) is 21.0. The highest BCUT2D eigenvalue weighted by molar-refractivity contribution is 5.85. The van der Waals surface area contributed by atoms with Gasteiger partial charge >= 0.3 is 0 Å². The molecule has 0 radical (unpaired) electrons. The number of β-amino-alcohol motifs (C(OH)–C–C–N with tert-alkyl or cyclic N) is 1. The van der Waals surface area contributed by atoms with E-state index in [-0.39, 0.29) is 6.61 Å². The highest BCUT2D eigenvalue weighted by Crippen LogP contribution is 2.33. The average molecular weight is 501 g/mol. The summed E-state index contributed by atoms with van der Waals surface area (Å²) in [5.74, 6) is 0.730. The van der Waals surface area contributed by atoms with Gasteiger partial charge in [-0.15, -0.1) is 0 Å². The summed E-state index contributed by atoms with van der Waals surface area (Å²) in [6.45, 7) is 2.43. The van der Waals surface area contributed by atoms with Crippen LogP contribution >= 0.6 is 0 Å². The zero-order valence-corrected chi connectivity index (χ0v) is 21.0. The number of likely N-dealkylation sites (tertiary alicyclic amines) is 1. The predicted molar refractivity (Wildman–Crippen MR) is 147 cm³/mol. The summed E-state index contributed by atoms with van der Waals surface area (Å²) in [7, 11) is 0. The Morgan fingerprint density at radius 3 is 2.11 bits per heavy atom. The van der Waals surface area contributed by atoms with Crippen LogP contribution in [0.2, 0.25) is 0 Å². The first-order valence-electron chi connectivity index (χ1n) is 12.7. The molecule has 3 aromatic carbocycles. The maximum absolute atomic E-state index is 10.7. The zero-order chi connectivity index (χ0) is 26.3. The van der Waals surface area contributed by atoms with Crippen LogP contribution in [0, 0.1) is 22.7 Å². The summed E-state index contributed by atoms with van der Waals surface area (Å²) in [6, 6.07) is 29.3. The number of rotatable bonds is 7. The number of hydrogen-bond acceptors (Lipinski definition) is 6. The SMILES string of the molecule is N#Cc1ccc(C(=C2CCN(CC(O)COc3cccc4ncccc34)CC2)c2ccc(C#N)cc2)cc1. The van der Waals surface area contributed by atoms with Crippen molar-refractivity contribution in [2.24, 2.45) is 0 Å². The van der Waals surface area contributed by atoms with E-state index in [0.717, 1.165) is 59.3 Å². The van der Waals surface area contributed by atoms with Crippen LogP contribution in [0.15, 0.2) is 90.6 Å². The number of nitrogens with zero attached hydrogens (tertiary/aromatic N) is 4. The van der Waals surface area contributed by atoms with Crippen LogP contribution in [0.3, 0.4) is 0 Å². The first-order chi connectivity index (χ1) is 18.6. The Morgan fingerprint density at radius 1 is 0.868 bits per heavy atom. The Bertz CT molecular complexity index is 1450. The van der Waals surface area contributed by atoms with Gasteiger partial charge in [-0.1, -0.05) is 35.9 Å². The normalized spacial score (nSPS) is 14.4. The second-order valence-electron chi connectivity index (χ2n) is 9.45. The molecule has 0 spiro atoms. The molecule has 1 N–H and O–H groups in total. The van der Waals surface area contributed by atoms with Gasteiger partial charge in [0.25, 0.3) is 0 Å². The Balaban J connectivity index is 1.26. The molecule has 5 rings (SSSR count). The fourth-order valence-electron chi connectivity index (χ4n) is 4.99. The molecule has 2 heterocycles. The van der Waals surface area contributed by atoms with Crippen LogP contribution in [0.4, 0.5) is 0 Å². The minimum atomic E-state index is -0.607. The Hall–Kier alpha value is -4.49. The van der Waals surface area contributed by atoms with Crippen molar-refractivity contribution in [1.29, 1.82) is 10.5 Å². The quantitative estimate of drug-likeness (QED) is 0.369. The predicted octanol–water partition coefficient (Wildman–Crippen LogP) is 5.32. The molecule has 1 unspecified atom stereocenters. The molecule has 0 amide bonds. The second-order valence-corrected chi connectivity index (χ2v) is 9.45. The van der Waals surface area contributed by atoms with Crippen LogP contribution < -0.4 is 4.74 Å². The van der Waals surface area contributed by atoms with Crippen LogP contribution in [0.25, 0.3) is 16.5 Å². The van der Waals surface area contributed by atoms with E-state index in [1.807, 2.05) is 78.9 Å². The Labute approximate surface area is 222 Å². The lowest BCUT2D eigenvalue weighted by Gasteiger charge is -2.31. The molecule has 1 saturated heterocycles. The Kier molecular flexibility index (Phi) is 7.75. The molecular weight excluding hydrogens is 472 g/mol. The molecule has 188 valence electrons. The molecule has 38 heavy (non-hydrogen) atoms. The first kappa shape index (κ1) is 25.2. The third-order valence-corrected chi connectivity index (χ3v) is 6.92. The average Bonchev–Trinajstić information content (AvgIpc) is 2.98. The number of nitriles is 2. The van der Waals surface area contributed by atoms with Crippen LogP contribution in [-0.2, 0) is 0 Å². The van der Waals surface area contributed by atoms with Gasteiger partial charge < -0.3 is 9.84 Å². The smallest absolute Gasteiger partial charge is 0.128 e. The number of ether oxygens (including phenoxy) is 1. The van der Waals surface area contributed by atoms with E-state index < -0.39 is 6.10 Å². The number of aliphatic hydroxyl groups excluding tert-OH is 1. The van der Waals surface area contributed by atoms with E-state index in [4.69, 9.17) is 4.74 Å². The van der Waals surface area contributed by atoms with Gasteiger partial charge in [0.2, 0.25) is 0 Å². The third kappa shape index (κ3) is 5.74. The van der Waals surface area contributed by atoms with E-state index in [9.17, 15) is 15.6 Å². The minimum absolute atomic E-state index is 0.217. The summed E-state index contributed by atoms with van der Waals surface area (Å²) < 4.78 is 5.96. The fraction of sp³-hybridized carbons (Fsp3) is 0.219. The van der Waals surface area contributed by atoms with Crippen LogP contribution in [0.1, 0.15) is 35.1 Å². The number of hydrogen-bond donors (Lipinski definition) is 1. The van der Waals surface area contributed by atoms with E-state index >= 15 is 0 Å². The molecule has 4 aromatic rings. The summed E-state index contributed by atoms with van der Waals surface area (Å²) in [4.78, 5) is 6.64. The number of benzene rings is 3. The molecule has 6 nitrogen and oxygen atoms in total. The number of pyridine rings is 1. The van der Waals surface area contributed by atoms with Crippen molar-refractivity contribution < 1.29 is 9.84 Å². The fourth-order valence-corrected chi connectivity index (χ4v) is 4.99. The standard InChI is InChI=1S/C32H28N4O2/c33-19-23-6-10-25(11-7-23)32(26-12-8-24(20-34)9-13-26)27-14-17-36(18-15-27)21-28(37)22-38-31-5-1-4-30-29(31)3-2-16-35-30/h1-13,16,28,37H,14-15,17-18,21-22H2. The minimum Gasteiger partial charge on any atom is -0.490 e. The van der Waals surface area contributed by atoms with Crippen molar-refractivity contribution in [3.05, 3.63) is 113 Å². The molecule has 0 aliphatic carbocycles. The molecule has 1 aliphatic rings. The molecule has 1 fully saturated rings. The van der Waals surface area contributed by atoms with E-state index in [1.165, 1.54) is 5.57 Å². The van der Waals surface area contributed by atoms with Crippen molar-refractivity contribution in [2.75, 3.05) is 26.2 Å². The first-order valence-corrected chi connectivity index (χ1v) is 12.7. The van der Waals surface area contributed by atoms with Gasteiger partial charge in [-0.3, -0.25) is 9.88 Å². The summed E-state index contributed by atoms with van der Waals surface area (Å²) in [5.41, 5.74) is 6.75. The lowest BCUT2D eigenvalue weighted by molar-refractivity contribution is 0.0661. The van der Waals surface area contributed by atoms with Crippen LogP contribution in [0.5, 0.6) is 5.75 Å². The lowest BCUT2D eigenvalue weighted by atomic mass is 9.87.